The second-order valence-corrected chi connectivity index (χ2v) is 2.32. The van der Waals surface area contributed by atoms with Crippen LogP contribution < -0.4 is 0 Å². The Hall–Kier alpha value is -1.40. The van der Waals surface area contributed by atoms with Gasteiger partial charge in [0.25, 0.3) is 5.69 Å². The fourth-order valence-electron chi connectivity index (χ4n) is 0.666. The van der Waals surface area contributed by atoms with Crippen LogP contribution in [-0.2, 0) is 16.2 Å². The first-order valence-electron chi connectivity index (χ1n) is 3.26. The van der Waals surface area contributed by atoms with Crippen molar-refractivity contribution in [2.75, 3.05) is 0 Å². The van der Waals surface area contributed by atoms with Gasteiger partial charge in [-0.15, -0.1) is 0 Å². The predicted octanol–water partition coefficient (Wildman–Crippen LogP) is 1.79. The van der Waals surface area contributed by atoms with Crippen LogP contribution in [0.3, 0.4) is 0 Å². The van der Waals surface area contributed by atoms with Crippen LogP contribution in [0.15, 0.2) is 24.3 Å². The van der Waals surface area contributed by atoms with E-state index in [9.17, 15) is 10.1 Å². The molecule has 0 radical (unpaired) electrons. The Labute approximate surface area is 78.9 Å². The summed E-state index contributed by atoms with van der Waals surface area (Å²) in [6.07, 6.45) is 0. The molecule has 0 fully saturated rings. The number of non-ortho nitro benzene ring substituents is 1. The van der Waals surface area contributed by atoms with Crippen LogP contribution in [0.5, 0.6) is 0 Å². The molecule has 6 heteroatoms. The molecule has 0 unspecified atom stereocenters. The predicted molar refractivity (Wildman–Crippen MR) is 48.5 cm³/mol. The molecule has 0 bridgehead atoms. The van der Waals surface area contributed by atoms with Gasteiger partial charge in [0.05, 0.1) is 9.13 Å². The van der Waals surface area contributed by atoms with E-state index < -0.39 is 16.9 Å². The Kier molecular flexibility index (Phi) is 5.49. The zero-order chi connectivity index (χ0) is 10.3. The Balaban J connectivity index is 0.000000424. The highest BCUT2D eigenvalue weighted by molar-refractivity contribution is 7.59. The lowest BCUT2D eigenvalue weighted by Crippen LogP contribution is -1.86. The summed E-state index contributed by atoms with van der Waals surface area (Å²) in [7, 11) is 0. The van der Waals surface area contributed by atoms with Gasteiger partial charge in [0, 0.05) is 12.1 Å². The first-order chi connectivity index (χ1) is 6.11. The van der Waals surface area contributed by atoms with E-state index in [1.807, 2.05) is 6.92 Å². The van der Waals surface area contributed by atoms with Gasteiger partial charge in [-0.05, 0) is 6.92 Å². The third-order valence-corrected chi connectivity index (χ3v) is 1.24. The molecule has 0 saturated carbocycles. The van der Waals surface area contributed by atoms with Gasteiger partial charge in [0.2, 0.25) is 0 Å². The van der Waals surface area contributed by atoms with E-state index in [1.165, 1.54) is 12.1 Å². The van der Waals surface area contributed by atoms with E-state index in [4.69, 9.17) is 8.76 Å². The molecule has 1 N–H and O–H groups in total. The molecule has 0 amide bonds. The summed E-state index contributed by atoms with van der Waals surface area (Å²) in [6.45, 7) is 1.89. The van der Waals surface area contributed by atoms with Crippen LogP contribution in [0.1, 0.15) is 5.56 Å². The van der Waals surface area contributed by atoms with E-state index in [1.54, 1.807) is 12.1 Å². The standard InChI is InChI=1S/C7H7NO2.O2S/c1-6-2-4-7(5-3-6)8(9)10;1-3-2/h2-5H,1H3;/p+1. The summed E-state index contributed by atoms with van der Waals surface area (Å²) >= 11 is -0.500. The molecule has 0 saturated heterocycles. The highest BCUT2D eigenvalue weighted by Crippen LogP contribution is 2.10. The first-order valence-corrected chi connectivity index (χ1v) is 3.96. The van der Waals surface area contributed by atoms with Crippen LogP contribution in [-0.4, -0.2) is 9.48 Å². The second kappa shape index (κ2) is 6.15. The zero-order valence-corrected chi connectivity index (χ0v) is 7.65. The average Bonchev–Trinajstić information content (AvgIpc) is 2.06. The van der Waals surface area contributed by atoms with Crippen LogP contribution in [0, 0.1) is 17.0 Å². The number of benzene rings is 1. The Morgan fingerprint density at radius 2 is 1.77 bits per heavy atom. The molecule has 1 aromatic carbocycles. The van der Waals surface area contributed by atoms with Crippen molar-refractivity contribution in [2.45, 2.75) is 6.92 Å². The molecule has 0 aliphatic carbocycles. The summed E-state index contributed by atoms with van der Waals surface area (Å²) < 4.78 is 15.3. The molecule has 0 aliphatic rings. The van der Waals surface area contributed by atoms with Crippen molar-refractivity contribution in [2.24, 2.45) is 0 Å². The van der Waals surface area contributed by atoms with Crippen LogP contribution >= 0.6 is 0 Å². The van der Waals surface area contributed by atoms with Crippen molar-refractivity contribution in [3.63, 3.8) is 0 Å². The Morgan fingerprint density at radius 3 is 2.08 bits per heavy atom. The highest BCUT2D eigenvalue weighted by Gasteiger charge is 2.00. The van der Waals surface area contributed by atoms with Crippen molar-refractivity contribution in [1.82, 2.24) is 0 Å². The number of nitro benzene ring substituents is 1. The molecule has 0 aromatic heterocycles. The Morgan fingerprint density at radius 1 is 1.38 bits per heavy atom. The minimum Gasteiger partial charge on any atom is -0.258 e. The third-order valence-electron chi connectivity index (χ3n) is 1.24. The monoisotopic (exact) mass is 202 g/mol. The van der Waals surface area contributed by atoms with Crippen molar-refractivity contribution >= 4 is 17.6 Å². The van der Waals surface area contributed by atoms with Gasteiger partial charge in [-0.25, -0.2) is 0 Å². The van der Waals surface area contributed by atoms with Gasteiger partial charge in [0.1, 0.15) is 0 Å². The minimum absolute atomic E-state index is 0.144. The lowest BCUT2D eigenvalue weighted by Gasteiger charge is -1.90. The number of nitro groups is 1. The number of nitrogens with zero attached hydrogens (tertiary/aromatic N) is 1. The average molecular weight is 202 g/mol. The molecule has 5 nitrogen and oxygen atoms in total. The minimum atomic E-state index is -0.500. The molecular formula is C7H8NO4S+. The fraction of sp³-hybridized carbons (Fsp3) is 0.143. The first kappa shape index (κ1) is 11.6. The van der Waals surface area contributed by atoms with Crippen LogP contribution in [0.4, 0.5) is 5.69 Å². The van der Waals surface area contributed by atoms with E-state index in [0.29, 0.717) is 0 Å². The van der Waals surface area contributed by atoms with Gasteiger partial charge < -0.3 is 0 Å². The van der Waals surface area contributed by atoms with Gasteiger partial charge in [-0.1, -0.05) is 22.2 Å². The van der Waals surface area contributed by atoms with Crippen LogP contribution in [0.25, 0.3) is 0 Å². The van der Waals surface area contributed by atoms with Crippen molar-refractivity contribution < 1.29 is 13.7 Å². The fourth-order valence-corrected chi connectivity index (χ4v) is 0.666. The van der Waals surface area contributed by atoms with E-state index in [-0.39, 0.29) is 5.69 Å². The topological polar surface area (TPSA) is 80.4 Å². The summed E-state index contributed by atoms with van der Waals surface area (Å²) in [4.78, 5) is 9.71. The maximum atomic E-state index is 10.1. The molecule has 0 aliphatic heterocycles. The largest absolute Gasteiger partial charge is 0.690 e. The third kappa shape index (κ3) is 4.94. The van der Waals surface area contributed by atoms with Gasteiger partial charge in [0.15, 0.2) is 0 Å². The summed E-state index contributed by atoms with van der Waals surface area (Å²) in [6, 6.07) is 6.43. The van der Waals surface area contributed by atoms with E-state index >= 15 is 0 Å². The lowest BCUT2D eigenvalue weighted by atomic mass is 10.2. The smallest absolute Gasteiger partial charge is 0.258 e. The molecular weight excluding hydrogens is 194 g/mol. The SMILES string of the molecule is Cc1ccc([N+](=O)[O-])cc1.O=[S+]O. The Bertz CT molecular complexity index is 285. The molecule has 0 spiro atoms. The van der Waals surface area contributed by atoms with E-state index in [0.717, 1.165) is 5.56 Å². The maximum absolute atomic E-state index is 10.1. The normalized spacial score (nSPS) is 8.15. The number of hydrogen-bond acceptors (Lipinski definition) is 3. The number of aryl methyl sites for hydroxylation is 1. The number of hydrogen-bond donors (Lipinski definition) is 1. The molecule has 13 heavy (non-hydrogen) atoms. The van der Waals surface area contributed by atoms with Crippen LogP contribution in [0.2, 0.25) is 0 Å². The lowest BCUT2D eigenvalue weighted by molar-refractivity contribution is -0.384. The quantitative estimate of drug-likeness (QED) is 0.326. The second-order valence-electron chi connectivity index (χ2n) is 2.17. The molecule has 70 valence electrons. The highest BCUT2D eigenvalue weighted by atomic mass is 32.2. The summed E-state index contributed by atoms with van der Waals surface area (Å²) in [5.74, 6) is 0. The summed E-state index contributed by atoms with van der Waals surface area (Å²) in [5, 5.41) is 10.1. The summed E-state index contributed by atoms with van der Waals surface area (Å²) in [5.41, 5.74) is 1.18. The van der Waals surface area contributed by atoms with Crippen molar-refractivity contribution in [3.8, 4) is 0 Å². The zero-order valence-electron chi connectivity index (χ0n) is 6.84. The maximum Gasteiger partial charge on any atom is 0.690 e. The molecule has 1 aromatic rings. The van der Waals surface area contributed by atoms with Gasteiger partial charge >= 0.3 is 11.9 Å². The van der Waals surface area contributed by atoms with Crippen molar-refractivity contribution in [1.29, 1.82) is 0 Å². The molecule has 1 rings (SSSR count). The van der Waals surface area contributed by atoms with Gasteiger partial charge in [-0.3, -0.25) is 10.1 Å². The van der Waals surface area contributed by atoms with Gasteiger partial charge in [-0.2, -0.15) is 0 Å². The number of rotatable bonds is 1. The molecule has 0 heterocycles. The van der Waals surface area contributed by atoms with E-state index in [2.05, 4.69) is 0 Å². The van der Waals surface area contributed by atoms with Crippen molar-refractivity contribution in [3.05, 3.63) is 39.9 Å². The molecule has 0 atom stereocenters.